The molecule has 0 bridgehead atoms. The number of thiophene rings is 1. The summed E-state index contributed by atoms with van der Waals surface area (Å²) < 4.78 is 1.23. The molecule has 1 saturated carbocycles. The third kappa shape index (κ3) is 3.30. The summed E-state index contributed by atoms with van der Waals surface area (Å²) in [6.07, 6.45) is 6.85. The highest BCUT2D eigenvalue weighted by Gasteiger charge is 2.25. The highest BCUT2D eigenvalue weighted by molar-refractivity contribution is 9.11. The van der Waals surface area contributed by atoms with Crippen molar-refractivity contribution in [3.63, 3.8) is 0 Å². The molecular weight excluding hydrogens is 270 g/mol. The molecule has 0 atom stereocenters. The summed E-state index contributed by atoms with van der Waals surface area (Å²) in [6.45, 7) is 3.38. The molecule has 0 unspecified atom stereocenters. The molecule has 2 rings (SSSR count). The molecule has 1 heterocycles. The lowest BCUT2D eigenvalue weighted by Gasteiger charge is -2.34. The standard InChI is InChI=1S/C12H18BrNS/c1-12(5-3-2-4-6-12)14-8-10-7-11(13)15-9-10/h7,9,14H,2-6,8H2,1H3. The minimum absolute atomic E-state index is 0.382. The van der Waals surface area contributed by atoms with Gasteiger partial charge in [-0.2, -0.15) is 0 Å². The summed E-state index contributed by atoms with van der Waals surface area (Å²) in [6, 6.07) is 2.21. The van der Waals surface area contributed by atoms with Crippen LogP contribution in [0, 0.1) is 0 Å². The molecule has 0 saturated heterocycles. The van der Waals surface area contributed by atoms with Gasteiger partial charge in [-0.05, 0) is 52.7 Å². The van der Waals surface area contributed by atoms with Gasteiger partial charge in [-0.15, -0.1) is 11.3 Å². The van der Waals surface area contributed by atoms with Gasteiger partial charge >= 0.3 is 0 Å². The van der Waals surface area contributed by atoms with E-state index >= 15 is 0 Å². The van der Waals surface area contributed by atoms with E-state index in [2.05, 4.69) is 39.6 Å². The fraction of sp³-hybridized carbons (Fsp3) is 0.667. The van der Waals surface area contributed by atoms with Crippen LogP contribution in [0.1, 0.15) is 44.6 Å². The van der Waals surface area contributed by atoms with E-state index in [-0.39, 0.29) is 0 Å². The third-order valence-electron chi connectivity index (χ3n) is 3.30. The minimum Gasteiger partial charge on any atom is -0.307 e. The summed E-state index contributed by atoms with van der Waals surface area (Å²) in [7, 11) is 0. The van der Waals surface area contributed by atoms with Crippen molar-refractivity contribution < 1.29 is 0 Å². The average molecular weight is 288 g/mol. The van der Waals surface area contributed by atoms with E-state index in [9.17, 15) is 0 Å². The second kappa shape index (κ2) is 4.98. The number of rotatable bonds is 3. The number of hydrogen-bond acceptors (Lipinski definition) is 2. The zero-order chi connectivity index (χ0) is 10.7. The lowest BCUT2D eigenvalue weighted by Crippen LogP contribution is -2.43. The summed E-state index contributed by atoms with van der Waals surface area (Å²) in [5.41, 5.74) is 1.78. The molecule has 84 valence electrons. The summed E-state index contributed by atoms with van der Waals surface area (Å²) in [4.78, 5) is 0. The van der Waals surface area contributed by atoms with Crippen molar-refractivity contribution >= 4 is 27.3 Å². The Morgan fingerprint density at radius 1 is 1.40 bits per heavy atom. The monoisotopic (exact) mass is 287 g/mol. The Labute approximate surface area is 104 Å². The van der Waals surface area contributed by atoms with Crippen LogP contribution in [0.5, 0.6) is 0 Å². The van der Waals surface area contributed by atoms with Crippen LogP contribution in [-0.4, -0.2) is 5.54 Å². The predicted molar refractivity (Wildman–Crippen MR) is 70.3 cm³/mol. The maximum Gasteiger partial charge on any atom is 0.0701 e. The lowest BCUT2D eigenvalue weighted by molar-refractivity contribution is 0.252. The molecule has 0 aromatic carbocycles. The molecule has 1 nitrogen and oxygen atoms in total. The second-order valence-corrected chi connectivity index (χ2v) is 7.02. The SMILES string of the molecule is CC1(NCc2csc(Br)c2)CCCCC1. The molecular formula is C12H18BrNS. The van der Waals surface area contributed by atoms with Crippen LogP contribution in [0.25, 0.3) is 0 Å². The van der Waals surface area contributed by atoms with E-state index < -0.39 is 0 Å². The van der Waals surface area contributed by atoms with Crippen LogP contribution in [-0.2, 0) is 6.54 Å². The largest absolute Gasteiger partial charge is 0.307 e. The third-order valence-corrected chi connectivity index (χ3v) is 4.85. The molecule has 0 aliphatic heterocycles. The Morgan fingerprint density at radius 3 is 2.73 bits per heavy atom. The highest BCUT2D eigenvalue weighted by atomic mass is 79.9. The van der Waals surface area contributed by atoms with Gasteiger partial charge in [-0.1, -0.05) is 19.3 Å². The Hall–Kier alpha value is 0.140. The lowest BCUT2D eigenvalue weighted by atomic mass is 9.83. The van der Waals surface area contributed by atoms with Crippen LogP contribution >= 0.6 is 27.3 Å². The first-order chi connectivity index (χ1) is 7.18. The van der Waals surface area contributed by atoms with Crippen LogP contribution in [0.2, 0.25) is 0 Å². The smallest absolute Gasteiger partial charge is 0.0701 e. The summed E-state index contributed by atoms with van der Waals surface area (Å²) in [5.74, 6) is 0. The number of hydrogen-bond donors (Lipinski definition) is 1. The van der Waals surface area contributed by atoms with Gasteiger partial charge in [-0.25, -0.2) is 0 Å². The van der Waals surface area contributed by atoms with Crippen molar-refractivity contribution in [1.29, 1.82) is 0 Å². The molecule has 1 N–H and O–H groups in total. The normalized spacial score (nSPS) is 20.4. The molecule has 0 spiro atoms. The highest BCUT2D eigenvalue weighted by Crippen LogP contribution is 2.28. The van der Waals surface area contributed by atoms with Gasteiger partial charge in [0.1, 0.15) is 0 Å². The van der Waals surface area contributed by atoms with E-state index in [4.69, 9.17) is 0 Å². The fourth-order valence-corrected chi connectivity index (χ4v) is 3.47. The zero-order valence-corrected chi connectivity index (χ0v) is 11.6. The van der Waals surface area contributed by atoms with Crippen LogP contribution < -0.4 is 5.32 Å². The first kappa shape index (κ1) is 11.6. The molecule has 1 aromatic heterocycles. The minimum atomic E-state index is 0.382. The molecule has 0 radical (unpaired) electrons. The Morgan fingerprint density at radius 2 is 2.13 bits per heavy atom. The first-order valence-electron chi connectivity index (χ1n) is 5.66. The number of nitrogens with one attached hydrogen (secondary N) is 1. The second-order valence-electron chi connectivity index (χ2n) is 4.73. The Kier molecular flexibility index (Phi) is 3.86. The van der Waals surface area contributed by atoms with E-state index in [0.717, 1.165) is 6.54 Å². The van der Waals surface area contributed by atoms with Gasteiger partial charge in [0, 0.05) is 12.1 Å². The quantitative estimate of drug-likeness (QED) is 0.873. The van der Waals surface area contributed by atoms with E-state index in [1.54, 1.807) is 11.3 Å². The van der Waals surface area contributed by atoms with E-state index in [1.165, 1.54) is 41.5 Å². The van der Waals surface area contributed by atoms with Gasteiger partial charge in [0.2, 0.25) is 0 Å². The topological polar surface area (TPSA) is 12.0 Å². The maximum atomic E-state index is 3.71. The summed E-state index contributed by atoms with van der Waals surface area (Å²) in [5, 5.41) is 5.94. The van der Waals surface area contributed by atoms with Gasteiger partial charge in [0.15, 0.2) is 0 Å². The van der Waals surface area contributed by atoms with Crippen LogP contribution in [0.3, 0.4) is 0 Å². The van der Waals surface area contributed by atoms with Gasteiger partial charge in [0.25, 0.3) is 0 Å². The van der Waals surface area contributed by atoms with Gasteiger partial charge < -0.3 is 5.32 Å². The van der Waals surface area contributed by atoms with Crippen molar-refractivity contribution in [2.45, 2.75) is 51.1 Å². The van der Waals surface area contributed by atoms with Crippen molar-refractivity contribution in [1.82, 2.24) is 5.32 Å². The summed E-state index contributed by atoms with van der Waals surface area (Å²) >= 11 is 5.27. The van der Waals surface area contributed by atoms with Gasteiger partial charge in [0.05, 0.1) is 3.79 Å². The molecule has 1 aliphatic rings. The van der Waals surface area contributed by atoms with E-state index in [1.807, 2.05) is 0 Å². The van der Waals surface area contributed by atoms with Crippen molar-refractivity contribution in [3.8, 4) is 0 Å². The maximum absolute atomic E-state index is 3.71. The van der Waals surface area contributed by atoms with E-state index in [0.29, 0.717) is 5.54 Å². The molecule has 1 aliphatic carbocycles. The zero-order valence-electron chi connectivity index (χ0n) is 9.18. The van der Waals surface area contributed by atoms with Crippen molar-refractivity contribution in [3.05, 3.63) is 20.8 Å². The van der Waals surface area contributed by atoms with Gasteiger partial charge in [-0.3, -0.25) is 0 Å². The molecule has 3 heteroatoms. The van der Waals surface area contributed by atoms with Crippen molar-refractivity contribution in [2.24, 2.45) is 0 Å². The molecule has 0 amide bonds. The molecule has 15 heavy (non-hydrogen) atoms. The van der Waals surface area contributed by atoms with Crippen LogP contribution in [0.15, 0.2) is 15.2 Å². The average Bonchev–Trinajstić information content (AvgIpc) is 2.63. The Balaban J connectivity index is 1.86. The first-order valence-corrected chi connectivity index (χ1v) is 7.33. The van der Waals surface area contributed by atoms with Crippen molar-refractivity contribution in [2.75, 3.05) is 0 Å². The Bertz CT molecular complexity index is 315. The predicted octanol–water partition coefficient (Wildman–Crippen LogP) is 4.32. The molecule has 1 fully saturated rings. The molecule has 1 aromatic rings. The van der Waals surface area contributed by atoms with Crippen LogP contribution in [0.4, 0.5) is 0 Å². The fourth-order valence-electron chi connectivity index (χ4n) is 2.26. The number of halogens is 1.